The Morgan fingerprint density at radius 2 is 2.25 bits per heavy atom. The van der Waals surface area contributed by atoms with E-state index in [1.165, 1.54) is 0 Å². The van der Waals surface area contributed by atoms with Crippen LogP contribution in [0, 0.1) is 0 Å². The first-order chi connectivity index (χ1) is 9.86. The third kappa shape index (κ3) is 2.90. The number of aromatic nitrogens is 4. The normalized spacial score (nSPS) is 20.2. The van der Waals surface area contributed by atoms with Gasteiger partial charge in [0.2, 0.25) is 0 Å². The molecule has 0 bridgehead atoms. The smallest absolute Gasteiger partial charge is 0.177 e. The van der Waals surface area contributed by atoms with Gasteiger partial charge in [0.15, 0.2) is 5.65 Å². The molecule has 0 aliphatic carbocycles. The molecular weight excluding hydrogens is 254 g/mol. The van der Waals surface area contributed by atoms with Gasteiger partial charge in [-0.15, -0.1) is 15.3 Å². The van der Waals surface area contributed by atoms with Crippen molar-refractivity contribution in [2.24, 2.45) is 0 Å². The molecule has 1 aliphatic rings. The molecule has 0 aromatic carbocycles. The molecule has 1 atom stereocenters. The van der Waals surface area contributed by atoms with Gasteiger partial charge >= 0.3 is 0 Å². The molecule has 1 fully saturated rings. The molecule has 2 aromatic rings. The molecule has 0 N–H and O–H groups in total. The summed E-state index contributed by atoms with van der Waals surface area (Å²) in [6.45, 7) is 5.05. The van der Waals surface area contributed by atoms with Crippen LogP contribution < -0.4 is 4.90 Å². The second-order valence-electron chi connectivity index (χ2n) is 5.24. The molecule has 0 radical (unpaired) electrons. The van der Waals surface area contributed by atoms with Gasteiger partial charge < -0.3 is 9.64 Å². The van der Waals surface area contributed by atoms with E-state index in [9.17, 15) is 0 Å². The van der Waals surface area contributed by atoms with Crippen LogP contribution >= 0.6 is 0 Å². The van der Waals surface area contributed by atoms with E-state index in [0.717, 1.165) is 56.8 Å². The topological polar surface area (TPSA) is 55.5 Å². The Kier molecular flexibility index (Phi) is 4.11. The summed E-state index contributed by atoms with van der Waals surface area (Å²) >= 11 is 0. The van der Waals surface area contributed by atoms with Gasteiger partial charge in [0.05, 0.1) is 6.10 Å². The van der Waals surface area contributed by atoms with Crippen LogP contribution in [0.3, 0.4) is 0 Å². The monoisotopic (exact) mass is 275 g/mol. The second kappa shape index (κ2) is 6.17. The molecule has 0 saturated carbocycles. The van der Waals surface area contributed by atoms with Gasteiger partial charge in [-0.25, -0.2) is 0 Å². The van der Waals surface area contributed by atoms with Crippen molar-refractivity contribution >= 4 is 11.5 Å². The molecule has 1 saturated heterocycles. The Bertz CT molecular complexity index is 555. The lowest BCUT2D eigenvalue weighted by molar-refractivity contribution is 0.0461. The summed E-state index contributed by atoms with van der Waals surface area (Å²) in [5.74, 6) is 0.994. The van der Waals surface area contributed by atoms with Crippen molar-refractivity contribution in [3.05, 3.63) is 18.5 Å². The summed E-state index contributed by atoms with van der Waals surface area (Å²) in [7, 11) is 0. The highest BCUT2D eigenvalue weighted by molar-refractivity contribution is 5.45. The Morgan fingerprint density at radius 3 is 3.15 bits per heavy atom. The zero-order chi connectivity index (χ0) is 13.8. The minimum absolute atomic E-state index is 0.401. The number of nitrogens with zero attached hydrogens (tertiary/aromatic N) is 5. The van der Waals surface area contributed by atoms with Crippen molar-refractivity contribution in [2.45, 2.75) is 38.7 Å². The van der Waals surface area contributed by atoms with Crippen LogP contribution in [0.2, 0.25) is 0 Å². The summed E-state index contributed by atoms with van der Waals surface area (Å²) in [4.78, 5) is 2.33. The van der Waals surface area contributed by atoms with E-state index >= 15 is 0 Å². The van der Waals surface area contributed by atoms with Gasteiger partial charge in [-0.2, -0.15) is 4.52 Å². The fraction of sp³-hybridized carbons (Fsp3) is 0.643. The SMILES string of the molecule is CCCOC1CCCN(c2ccc3nncn3n2)CC1. The zero-order valence-corrected chi connectivity index (χ0v) is 11.9. The third-order valence-electron chi connectivity index (χ3n) is 3.70. The molecule has 2 aromatic heterocycles. The van der Waals surface area contributed by atoms with E-state index in [2.05, 4.69) is 27.1 Å². The largest absolute Gasteiger partial charge is 0.378 e. The average Bonchev–Trinajstić information content (AvgIpc) is 2.82. The minimum atomic E-state index is 0.401. The molecule has 3 heterocycles. The molecular formula is C14H21N5O. The van der Waals surface area contributed by atoms with Crippen molar-refractivity contribution < 1.29 is 4.74 Å². The van der Waals surface area contributed by atoms with Crippen LogP contribution in [0.1, 0.15) is 32.6 Å². The van der Waals surface area contributed by atoms with Gasteiger partial charge in [0.1, 0.15) is 12.1 Å². The molecule has 0 amide bonds. The van der Waals surface area contributed by atoms with E-state index in [1.54, 1.807) is 10.8 Å². The van der Waals surface area contributed by atoms with Crippen molar-refractivity contribution in [3.63, 3.8) is 0 Å². The van der Waals surface area contributed by atoms with Crippen molar-refractivity contribution in [2.75, 3.05) is 24.6 Å². The highest BCUT2D eigenvalue weighted by atomic mass is 16.5. The van der Waals surface area contributed by atoms with Crippen LogP contribution in [0.25, 0.3) is 5.65 Å². The average molecular weight is 275 g/mol. The molecule has 20 heavy (non-hydrogen) atoms. The fourth-order valence-corrected chi connectivity index (χ4v) is 2.63. The highest BCUT2D eigenvalue weighted by Crippen LogP contribution is 2.19. The lowest BCUT2D eigenvalue weighted by Gasteiger charge is -2.21. The fourth-order valence-electron chi connectivity index (χ4n) is 2.63. The third-order valence-corrected chi connectivity index (χ3v) is 3.70. The lowest BCUT2D eigenvalue weighted by Crippen LogP contribution is -2.26. The Balaban J connectivity index is 1.67. The summed E-state index contributed by atoms with van der Waals surface area (Å²) in [6, 6.07) is 3.99. The van der Waals surface area contributed by atoms with Crippen molar-refractivity contribution in [1.29, 1.82) is 0 Å². The molecule has 1 unspecified atom stereocenters. The first-order valence-corrected chi connectivity index (χ1v) is 7.40. The van der Waals surface area contributed by atoms with Gasteiger partial charge in [-0.1, -0.05) is 6.92 Å². The number of hydrogen-bond donors (Lipinski definition) is 0. The van der Waals surface area contributed by atoms with Gasteiger partial charge in [0.25, 0.3) is 0 Å². The van der Waals surface area contributed by atoms with E-state index in [1.807, 2.05) is 12.1 Å². The van der Waals surface area contributed by atoms with Gasteiger partial charge in [-0.3, -0.25) is 0 Å². The summed E-state index contributed by atoms with van der Waals surface area (Å²) < 4.78 is 7.61. The Morgan fingerprint density at radius 1 is 1.30 bits per heavy atom. The first kappa shape index (κ1) is 13.3. The lowest BCUT2D eigenvalue weighted by atomic mass is 10.2. The molecule has 0 spiro atoms. The van der Waals surface area contributed by atoms with Crippen molar-refractivity contribution in [3.8, 4) is 0 Å². The maximum absolute atomic E-state index is 5.88. The van der Waals surface area contributed by atoms with E-state index in [4.69, 9.17) is 4.74 Å². The maximum Gasteiger partial charge on any atom is 0.177 e. The molecule has 108 valence electrons. The van der Waals surface area contributed by atoms with Gasteiger partial charge in [0, 0.05) is 19.7 Å². The van der Waals surface area contributed by atoms with Crippen LogP contribution in [0.5, 0.6) is 0 Å². The van der Waals surface area contributed by atoms with Gasteiger partial charge in [-0.05, 0) is 37.8 Å². The second-order valence-corrected chi connectivity index (χ2v) is 5.24. The maximum atomic E-state index is 5.88. The van der Waals surface area contributed by atoms with E-state index < -0.39 is 0 Å². The summed E-state index contributed by atoms with van der Waals surface area (Å²) in [5, 5.41) is 12.4. The highest BCUT2D eigenvalue weighted by Gasteiger charge is 2.18. The summed E-state index contributed by atoms with van der Waals surface area (Å²) in [6.07, 6.45) is 6.50. The molecule has 3 rings (SSSR count). The van der Waals surface area contributed by atoms with Crippen LogP contribution in [-0.4, -0.2) is 45.6 Å². The predicted molar refractivity (Wildman–Crippen MR) is 76.9 cm³/mol. The standard InChI is InChI=1S/C14H21N5O/c1-2-10-20-12-4-3-8-18(9-7-12)14-6-5-13-16-15-11-19(13)17-14/h5-6,11-12H,2-4,7-10H2,1H3. The van der Waals surface area contributed by atoms with Crippen LogP contribution in [-0.2, 0) is 4.74 Å². The number of ether oxygens (including phenoxy) is 1. The van der Waals surface area contributed by atoms with E-state index in [0.29, 0.717) is 6.10 Å². The zero-order valence-electron chi connectivity index (χ0n) is 11.9. The van der Waals surface area contributed by atoms with E-state index in [-0.39, 0.29) is 0 Å². The molecule has 1 aliphatic heterocycles. The van der Waals surface area contributed by atoms with Crippen LogP contribution in [0.15, 0.2) is 18.5 Å². The predicted octanol–water partition coefficient (Wildman–Crippen LogP) is 1.91. The number of rotatable bonds is 4. The van der Waals surface area contributed by atoms with Crippen LogP contribution in [0.4, 0.5) is 5.82 Å². The van der Waals surface area contributed by atoms with Crippen molar-refractivity contribution in [1.82, 2.24) is 19.8 Å². The first-order valence-electron chi connectivity index (χ1n) is 7.40. The summed E-state index contributed by atoms with van der Waals surface area (Å²) in [5.41, 5.74) is 0.785. The minimum Gasteiger partial charge on any atom is -0.378 e. The number of anilines is 1. The Hall–Kier alpha value is -1.69. The molecule has 6 heteroatoms. The molecule has 6 nitrogen and oxygen atoms in total. The Labute approximate surface area is 118 Å². The number of hydrogen-bond acceptors (Lipinski definition) is 5. The quantitative estimate of drug-likeness (QED) is 0.853. The number of fused-ring (bicyclic) bond motifs is 1.